The first-order chi connectivity index (χ1) is 16.0. The number of carbonyl (C=O) groups excluding carboxylic acids is 2. The number of benzene rings is 1. The second kappa shape index (κ2) is 10.6. The normalized spacial score (nSPS) is 16.0. The minimum atomic E-state index is -0.284. The van der Waals surface area contributed by atoms with Gasteiger partial charge in [-0.25, -0.2) is 4.98 Å². The molecule has 1 aliphatic rings. The van der Waals surface area contributed by atoms with Gasteiger partial charge in [-0.15, -0.1) is 0 Å². The van der Waals surface area contributed by atoms with Gasteiger partial charge in [0.15, 0.2) is 10.8 Å². The van der Waals surface area contributed by atoms with Crippen LogP contribution in [0.25, 0.3) is 10.3 Å². The Labute approximate surface area is 195 Å². The molecule has 1 atom stereocenters. The maximum atomic E-state index is 13.0. The zero-order chi connectivity index (χ0) is 23.2. The first-order valence-corrected chi connectivity index (χ1v) is 12.1. The molecule has 1 aromatic carbocycles. The van der Waals surface area contributed by atoms with Gasteiger partial charge >= 0.3 is 0 Å². The van der Waals surface area contributed by atoms with Gasteiger partial charge < -0.3 is 15.5 Å². The number of hydrogen-bond acceptors (Lipinski definition) is 7. The van der Waals surface area contributed by atoms with E-state index in [-0.39, 0.29) is 29.8 Å². The van der Waals surface area contributed by atoms with E-state index in [2.05, 4.69) is 25.5 Å². The largest absolute Gasteiger partial charge is 0.356 e. The highest BCUT2D eigenvalue weighted by atomic mass is 32.1. The summed E-state index contributed by atoms with van der Waals surface area (Å²) in [6.07, 6.45) is 4.01. The molecule has 0 unspecified atom stereocenters. The summed E-state index contributed by atoms with van der Waals surface area (Å²) >= 11 is 1.27. The zero-order valence-electron chi connectivity index (χ0n) is 18.6. The van der Waals surface area contributed by atoms with Crippen molar-refractivity contribution in [1.29, 1.82) is 0 Å². The number of carbonyl (C=O) groups is 2. The van der Waals surface area contributed by atoms with E-state index in [4.69, 9.17) is 0 Å². The lowest BCUT2D eigenvalue weighted by Crippen LogP contribution is -2.43. The molecule has 2 N–H and O–H groups in total. The van der Waals surface area contributed by atoms with Crippen molar-refractivity contribution in [1.82, 2.24) is 25.2 Å². The Morgan fingerprint density at radius 1 is 1.21 bits per heavy atom. The molecule has 1 saturated heterocycles. The average molecular weight is 469 g/mol. The number of aromatic nitrogens is 3. The van der Waals surface area contributed by atoms with E-state index in [1.807, 2.05) is 37.3 Å². The molecule has 0 spiro atoms. The lowest BCUT2D eigenvalue weighted by molar-refractivity contribution is -0.125. The molecule has 2 aromatic heterocycles. The van der Waals surface area contributed by atoms with Gasteiger partial charge in [-0.1, -0.05) is 48.6 Å². The molecular weight excluding hydrogens is 440 g/mol. The summed E-state index contributed by atoms with van der Waals surface area (Å²) in [6, 6.07) is 9.59. The highest BCUT2D eigenvalue weighted by Gasteiger charge is 2.27. The molecule has 0 bridgehead atoms. The van der Waals surface area contributed by atoms with Crippen LogP contribution in [0.1, 0.15) is 31.7 Å². The van der Waals surface area contributed by atoms with Crippen LogP contribution in [-0.2, 0) is 22.7 Å². The van der Waals surface area contributed by atoms with E-state index in [1.54, 1.807) is 0 Å². The average Bonchev–Trinajstić information content (AvgIpc) is 3.29. The Morgan fingerprint density at radius 3 is 2.82 bits per heavy atom. The number of hydrogen-bond donors (Lipinski definition) is 2. The minimum Gasteiger partial charge on any atom is -0.356 e. The van der Waals surface area contributed by atoms with E-state index in [0.717, 1.165) is 31.4 Å². The molecule has 3 aromatic rings. The Morgan fingerprint density at radius 2 is 2.03 bits per heavy atom. The van der Waals surface area contributed by atoms with Crippen LogP contribution in [0.2, 0.25) is 0 Å². The van der Waals surface area contributed by atoms with E-state index in [9.17, 15) is 14.4 Å². The van der Waals surface area contributed by atoms with Crippen LogP contribution in [0.15, 0.2) is 41.5 Å². The SMILES string of the molecule is CCCNC(=O)[C@H]1CCCN(c2nc3ncn(CC(=O)NCc4ccccc4)c(=O)c3s2)C1. The van der Waals surface area contributed by atoms with Gasteiger partial charge in [-0.05, 0) is 24.8 Å². The first kappa shape index (κ1) is 22.9. The maximum absolute atomic E-state index is 13.0. The number of fused-ring (bicyclic) bond motifs is 1. The number of rotatable bonds is 8. The molecule has 0 saturated carbocycles. The highest BCUT2D eigenvalue weighted by molar-refractivity contribution is 7.22. The Hall–Kier alpha value is -3.27. The molecule has 33 heavy (non-hydrogen) atoms. The van der Waals surface area contributed by atoms with Gasteiger partial charge in [-0.3, -0.25) is 19.0 Å². The van der Waals surface area contributed by atoms with Crippen LogP contribution >= 0.6 is 11.3 Å². The Bertz CT molecular complexity index is 1180. The van der Waals surface area contributed by atoms with Crippen molar-refractivity contribution in [3.63, 3.8) is 0 Å². The van der Waals surface area contributed by atoms with E-state index < -0.39 is 0 Å². The Kier molecular flexibility index (Phi) is 7.33. The number of piperidine rings is 1. The number of nitrogens with zero attached hydrogens (tertiary/aromatic N) is 4. The summed E-state index contributed by atoms with van der Waals surface area (Å²) in [6.45, 7) is 4.36. The van der Waals surface area contributed by atoms with Crippen LogP contribution in [0.4, 0.5) is 5.13 Å². The van der Waals surface area contributed by atoms with Crippen LogP contribution in [0.5, 0.6) is 0 Å². The standard InChI is InChI=1S/C23H28N6O3S/c1-2-10-24-21(31)17-9-6-11-28(13-17)23-27-20-19(33-23)22(32)29(15-26-20)14-18(30)25-12-16-7-4-3-5-8-16/h3-5,7-8,15,17H,2,6,9-14H2,1H3,(H,24,31)(H,25,30)/t17-/m0/s1. The number of thiazole rings is 1. The lowest BCUT2D eigenvalue weighted by atomic mass is 9.97. The van der Waals surface area contributed by atoms with E-state index in [1.165, 1.54) is 22.2 Å². The van der Waals surface area contributed by atoms with Crippen LogP contribution < -0.4 is 21.1 Å². The second-order valence-electron chi connectivity index (χ2n) is 8.17. The molecule has 9 nitrogen and oxygen atoms in total. The predicted octanol–water partition coefficient (Wildman–Crippen LogP) is 1.91. The first-order valence-electron chi connectivity index (χ1n) is 11.2. The van der Waals surface area contributed by atoms with E-state index in [0.29, 0.717) is 35.1 Å². The number of nitrogens with one attached hydrogen (secondary N) is 2. The van der Waals surface area contributed by atoms with Gasteiger partial charge in [0.1, 0.15) is 17.6 Å². The molecule has 3 heterocycles. The van der Waals surface area contributed by atoms with Crippen LogP contribution in [0.3, 0.4) is 0 Å². The highest BCUT2D eigenvalue weighted by Crippen LogP contribution is 2.29. The van der Waals surface area contributed by atoms with E-state index >= 15 is 0 Å². The van der Waals surface area contributed by atoms with Crippen molar-refractivity contribution in [2.45, 2.75) is 39.3 Å². The predicted molar refractivity (Wildman–Crippen MR) is 128 cm³/mol. The summed E-state index contributed by atoms with van der Waals surface area (Å²) in [7, 11) is 0. The van der Waals surface area contributed by atoms with Crippen LogP contribution in [0, 0.1) is 5.92 Å². The molecule has 4 rings (SSSR count). The molecule has 0 radical (unpaired) electrons. The fourth-order valence-electron chi connectivity index (χ4n) is 3.85. The molecular formula is C23H28N6O3S. The quantitative estimate of drug-likeness (QED) is 0.523. The third-order valence-corrected chi connectivity index (χ3v) is 6.72. The number of amides is 2. The third-order valence-electron chi connectivity index (χ3n) is 5.63. The lowest BCUT2D eigenvalue weighted by Gasteiger charge is -2.31. The van der Waals surface area contributed by atoms with Crippen molar-refractivity contribution >= 4 is 38.6 Å². The van der Waals surface area contributed by atoms with Gasteiger partial charge in [0.2, 0.25) is 11.8 Å². The summed E-state index contributed by atoms with van der Waals surface area (Å²) in [5.41, 5.74) is 1.08. The second-order valence-corrected chi connectivity index (χ2v) is 9.14. The fourth-order valence-corrected chi connectivity index (χ4v) is 4.85. The molecule has 174 valence electrons. The summed E-state index contributed by atoms with van der Waals surface area (Å²) in [5.74, 6) is -0.274. The van der Waals surface area contributed by atoms with Crippen molar-refractivity contribution < 1.29 is 9.59 Å². The van der Waals surface area contributed by atoms with Gasteiger partial charge in [0.25, 0.3) is 5.56 Å². The van der Waals surface area contributed by atoms with Crippen molar-refractivity contribution in [3.05, 3.63) is 52.6 Å². The monoisotopic (exact) mass is 468 g/mol. The summed E-state index contributed by atoms with van der Waals surface area (Å²) in [5, 5.41) is 6.48. The third kappa shape index (κ3) is 5.57. The molecule has 1 aliphatic heterocycles. The number of anilines is 1. The molecule has 2 amide bonds. The zero-order valence-corrected chi connectivity index (χ0v) is 19.4. The maximum Gasteiger partial charge on any atom is 0.273 e. The van der Waals surface area contributed by atoms with Crippen molar-refractivity contribution in [2.24, 2.45) is 5.92 Å². The minimum absolute atomic E-state index is 0.0738. The van der Waals surface area contributed by atoms with Gasteiger partial charge in [-0.2, -0.15) is 4.98 Å². The smallest absolute Gasteiger partial charge is 0.273 e. The molecule has 0 aliphatic carbocycles. The fraction of sp³-hybridized carbons (Fsp3) is 0.435. The molecule has 10 heteroatoms. The van der Waals surface area contributed by atoms with Crippen molar-refractivity contribution in [3.8, 4) is 0 Å². The Balaban J connectivity index is 1.44. The van der Waals surface area contributed by atoms with Crippen molar-refractivity contribution in [2.75, 3.05) is 24.5 Å². The topological polar surface area (TPSA) is 109 Å². The van der Waals surface area contributed by atoms with Gasteiger partial charge in [0.05, 0.1) is 5.92 Å². The molecule has 1 fully saturated rings. The summed E-state index contributed by atoms with van der Waals surface area (Å²) in [4.78, 5) is 48.6. The van der Waals surface area contributed by atoms with Crippen LogP contribution in [-0.4, -0.2) is 46.0 Å². The van der Waals surface area contributed by atoms with Gasteiger partial charge in [0, 0.05) is 26.2 Å². The summed E-state index contributed by atoms with van der Waals surface area (Å²) < 4.78 is 1.72.